The Balaban J connectivity index is 1.79. The van der Waals surface area contributed by atoms with Gasteiger partial charge in [0.1, 0.15) is 5.75 Å². The minimum Gasteiger partial charge on any atom is -0.508 e. The molecule has 116 valence electrons. The number of rotatable bonds is 4. The first-order valence-corrected chi connectivity index (χ1v) is 7.45. The number of carbonyl (C=O) groups is 1. The van der Waals surface area contributed by atoms with Crippen LogP contribution in [0.15, 0.2) is 66.7 Å². The number of anilines is 1. The van der Waals surface area contributed by atoms with Crippen molar-refractivity contribution in [1.82, 2.24) is 0 Å². The third-order valence-electron chi connectivity index (χ3n) is 3.76. The zero-order valence-electron chi connectivity index (χ0n) is 12.6. The number of hydrogen-bond acceptors (Lipinski definition) is 3. The van der Waals surface area contributed by atoms with Crippen molar-refractivity contribution in [3.05, 3.63) is 72.3 Å². The summed E-state index contributed by atoms with van der Waals surface area (Å²) in [5.74, 6) is -0.0857. The number of benzene rings is 3. The van der Waals surface area contributed by atoms with Crippen molar-refractivity contribution in [3.8, 4) is 5.75 Å². The van der Waals surface area contributed by atoms with Gasteiger partial charge >= 0.3 is 0 Å². The van der Waals surface area contributed by atoms with Crippen molar-refractivity contribution < 1.29 is 9.90 Å². The van der Waals surface area contributed by atoms with E-state index in [0.29, 0.717) is 12.1 Å². The van der Waals surface area contributed by atoms with E-state index in [1.807, 2.05) is 48.5 Å². The fourth-order valence-corrected chi connectivity index (χ4v) is 2.56. The molecule has 0 spiro atoms. The summed E-state index contributed by atoms with van der Waals surface area (Å²) in [4.78, 5) is 12.3. The van der Waals surface area contributed by atoms with Gasteiger partial charge in [0.25, 0.3) is 0 Å². The van der Waals surface area contributed by atoms with E-state index in [9.17, 15) is 9.90 Å². The zero-order chi connectivity index (χ0) is 16.2. The maximum absolute atomic E-state index is 12.3. The molecule has 0 aliphatic rings. The molecule has 23 heavy (non-hydrogen) atoms. The molecule has 1 amide bonds. The summed E-state index contributed by atoms with van der Waals surface area (Å²) in [6.07, 6.45) is 0.475. The molecule has 3 aromatic rings. The predicted octanol–water partition coefficient (Wildman–Crippen LogP) is 3.05. The van der Waals surface area contributed by atoms with Crippen molar-refractivity contribution in [3.63, 3.8) is 0 Å². The Hall–Kier alpha value is -2.85. The van der Waals surface area contributed by atoms with Crippen LogP contribution in [0.2, 0.25) is 0 Å². The van der Waals surface area contributed by atoms with Gasteiger partial charge in [-0.05, 0) is 35.6 Å². The second-order valence-corrected chi connectivity index (χ2v) is 5.50. The predicted molar refractivity (Wildman–Crippen MR) is 92.4 cm³/mol. The average Bonchev–Trinajstić information content (AvgIpc) is 2.56. The molecular weight excluding hydrogens is 288 g/mol. The van der Waals surface area contributed by atoms with Crippen LogP contribution in [-0.2, 0) is 11.2 Å². The molecule has 0 fully saturated rings. The van der Waals surface area contributed by atoms with Crippen molar-refractivity contribution in [2.75, 3.05) is 5.32 Å². The molecule has 1 atom stereocenters. The molecule has 0 bridgehead atoms. The van der Waals surface area contributed by atoms with Crippen LogP contribution in [0, 0.1) is 0 Å². The average molecular weight is 306 g/mol. The highest BCUT2D eigenvalue weighted by molar-refractivity contribution is 6.04. The van der Waals surface area contributed by atoms with Gasteiger partial charge in [0, 0.05) is 11.1 Å². The van der Waals surface area contributed by atoms with E-state index in [1.54, 1.807) is 18.2 Å². The molecule has 0 heterocycles. The lowest BCUT2D eigenvalue weighted by Crippen LogP contribution is -2.37. The fraction of sp³-hybridized carbons (Fsp3) is 0.105. The smallest absolute Gasteiger partial charge is 0.241 e. The number of fused-ring (bicyclic) bond motifs is 1. The molecule has 4 N–H and O–H groups in total. The first kappa shape index (κ1) is 15.1. The van der Waals surface area contributed by atoms with Crippen LogP contribution in [-0.4, -0.2) is 17.1 Å². The highest BCUT2D eigenvalue weighted by atomic mass is 16.3. The van der Waals surface area contributed by atoms with E-state index in [0.717, 1.165) is 16.3 Å². The molecule has 0 aromatic heterocycles. The lowest BCUT2D eigenvalue weighted by molar-refractivity contribution is -0.117. The van der Waals surface area contributed by atoms with Gasteiger partial charge in [-0.25, -0.2) is 0 Å². The lowest BCUT2D eigenvalue weighted by atomic mass is 10.1. The molecule has 3 rings (SSSR count). The minimum absolute atomic E-state index is 0.160. The normalized spacial score (nSPS) is 12.0. The van der Waals surface area contributed by atoms with E-state index in [-0.39, 0.29) is 11.7 Å². The third-order valence-corrected chi connectivity index (χ3v) is 3.76. The van der Waals surface area contributed by atoms with E-state index >= 15 is 0 Å². The number of nitrogens with one attached hydrogen (secondary N) is 1. The van der Waals surface area contributed by atoms with Gasteiger partial charge in [-0.1, -0.05) is 48.5 Å². The first-order valence-electron chi connectivity index (χ1n) is 7.45. The van der Waals surface area contributed by atoms with Crippen LogP contribution in [0.1, 0.15) is 5.56 Å². The summed E-state index contributed by atoms with van der Waals surface area (Å²) in [6, 6.07) is 19.7. The maximum Gasteiger partial charge on any atom is 0.241 e. The van der Waals surface area contributed by atoms with Crippen LogP contribution < -0.4 is 11.1 Å². The largest absolute Gasteiger partial charge is 0.508 e. The van der Waals surface area contributed by atoms with Crippen LogP contribution in [0.25, 0.3) is 10.8 Å². The van der Waals surface area contributed by atoms with Gasteiger partial charge in [0.2, 0.25) is 5.91 Å². The Morgan fingerprint density at radius 2 is 1.83 bits per heavy atom. The third kappa shape index (κ3) is 3.49. The molecule has 4 nitrogen and oxygen atoms in total. The summed E-state index contributed by atoms with van der Waals surface area (Å²) in [5, 5.41) is 14.2. The summed E-state index contributed by atoms with van der Waals surface area (Å²) in [7, 11) is 0. The lowest BCUT2D eigenvalue weighted by Gasteiger charge is -2.14. The van der Waals surface area contributed by atoms with Crippen molar-refractivity contribution in [2.45, 2.75) is 12.5 Å². The Labute approximate surface area is 134 Å². The monoisotopic (exact) mass is 306 g/mol. The molecule has 4 heteroatoms. The van der Waals surface area contributed by atoms with E-state index in [2.05, 4.69) is 5.32 Å². The number of amides is 1. The van der Waals surface area contributed by atoms with Crippen molar-refractivity contribution >= 4 is 22.4 Å². The molecule has 0 unspecified atom stereocenters. The molecule has 3 aromatic carbocycles. The van der Waals surface area contributed by atoms with Gasteiger partial charge in [-0.15, -0.1) is 0 Å². The Bertz CT molecular complexity index is 831. The van der Waals surface area contributed by atoms with Gasteiger partial charge in [-0.3, -0.25) is 4.79 Å². The molecule has 0 radical (unpaired) electrons. The van der Waals surface area contributed by atoms with Crippen LogP contribution in [0.5, 0.6) is 5.75 Å². The summed E-state index contributed by atoms with van der Waals surface area (Å²) in [5.41, 5.74) is 7.67. The minimum atomic E-state index is -0.634. The quantitative estimate of drug-likeness (QED) is 0.693. The van der Waals surface area contributed by atoms with Gasteiger partial charge < -0.3 is 16.2 Å². The summed E-state index contributed by atoms with van der Waals surface area (Å²) in [6.45, 7) is 0. The van der Waals surface area contributed by atoms with E-state index in [4.69, 9.17) is 5.73 Å². The van der Waals surface area contributed by atoms with Gasteiger partial charge in [0.15, 0.2) is 0 Å². The Morgan fingerprint density at radius 3 is 2.61 bits per heavy atom. The standard InChI is InChI=1S/C19H18N2O2/c20-17(11-13-5-2-1-3-6-13)19(23)21-18-8-4-7-14-9-10-15(22)12-16(14)18/h1-10,12,17,22H,11,20H2,(H,21,23)/t17-/m1/s1. The van der Waals surface area contributed by atoms with Gasteiger partial charge in [0.05, 0.1) is 6.04 Å². The number of nitrogens with two attached hydrogens (primary N) is 1. The van der Waals surface area contributed by atoms with E-state index in [1.165, 1.54) is 0 Å². The van der Waals surface area contributed by atoms with Crippen LogP contribution in [0.3, 0.4) is 0 Å². The zero-order valence-corrected chi connectivity index (χ0v) is 12.6. The van der Waals surface area contributed by atoms with Gasteiger partial charge in [-0.2, -0.15) is 0 Å². The second kappa shape index (κ2) is 6.50. The Kier molecular flexibility index (Phi) is 4.26. The highest BCUT2D eigenvalue weighted by Gasteiger charge is 2.15. The number of aromatic hydroxyl groups is 1. The SMILES string of the molecule is N[C@H](Cc1ccccc1)C(=O)Nc1cccc2ccc(O)cc12. The molecule has 0 aliphatic heterocycles. The van der Waals surface area contributed by atoms with E-state index < -0.39 is 6.04 Å². The molecule has 0 saturated heterocycles. The first-order chi connectivity index (χ1) is 11.1. The molecule has 0 aliphatic carbocycles. The summed E-state index contributed by atoms with van der Waals surface area (Å²) >= 11 is 0. The number of phenols is 1. The number of phenolic OH excluding ortho intramolecular Hbond substituents is 1. The Morgan fingerprint density at radius 1 is 1.04 bits per heavy atom. The van der Waals surface area contributed by atoms with Crippen LogP contribution >= 0.6 is 0 Å². The fourth-order valence-electron chi connectivity index (χ4n) is 2.56. The summed E-state index contributed by atoms with van der Waals surface area (Å²) < 4.78 is 0. The van der Waals surface area contributed by atoms with Crippen LogP contribution in [0.4, 0.5) is 5.69 Å². The second-order valence-electron chi connectivity index (χ2n) is 5.50. The topological polar surface area (TPSA) is 75.4 Å². The van der Waals surface area contributed by atoms with Crippen molar-refractivity contribution in [1.29, 1.82) is 0 Å². The number of hydrogen-bond donors (Lipinski definition) is 3. The highest BCUT2D eigenvalue weighted by Crippen LogP contribution is 2.27. The number of carbonyl (C=O) groups excluding carboxylic acids is 1. The van der Waals surface area contributed by atoms with Crippen molar-refractivity contribution in [2.24, 2.45) is 5.73 Å². The maximum atomic E-state index is 12.3. The molecule has 0 saturated carbocycles. The molecular formula is C19H18N2O2.